The zero-order valence-electron chi connectivity index (χ0n) is 19.2. The largest absolute Gasteiger partial charge is 0.368 e. The smallest absolute Gasteiger partial charge is 0.254 e. The molecule has 0 aliphatic heterocycles. The maximum atomic E-state index is 12.3. The van der Waals surface area contributed by atoms with E-state index in [1.165, 1.54) is 11.1 Å². The first-order valence-electron chi connectivity index (χ1n) is 10.5. The SMILES string of the molecule is CCCC[C@](C)(CNC(=O)[C@H](C)NC)Nc1nc(N)nc2cc(C(=O)N(C)C)cnc12. The number of hydrogen-bond acceptors (Lipinski definition) is 8. The first kappa shape index (κ1) is 24.3. The molecule has 0 bridgehead atoms. The molecule has 0 saturated carbocycles. The zero-order chi connectivity index (χ0) is 23.2. The van der Waals surface area contributed by atoms with Crippen LogP contribution in [-0.2, 0) is 4.79 Å². The zero-order valence-corrected chi connectivity index (χ0v) is 19.2. The van der Waals surface area contributed by atoms with Crippen LogP contribution in [0.5, 0.6) is 0 Å². The van der Waals surface area contributed by atoms with Crippen molar-refractivity contribution in [2.45, 2.75) is 51.6 Å². The van der Waals surface area contributed by atoms with Crippen molar-refractivity contribution >= 4 is 34.6 Å². The molecule has 0 aliphatic carbocycles. The van der Waals surface area contributed by atoms with Gasteiger partial charge in [-0.15, -0.1) is 0 Å². The van der Waals surface area contributed by atoms with Crippen LogP contribution in [0.3, 0.4) is 0 Å². The van der Waals surface area contributed by atoms with E-state index in [2.05, 4.69) is 37.8 Å². The van der Waals surface area contributed by atoms with Gasteiger partial charge in [-0.2, -0.15) is 4.98 Å². The maximum Gasteiger partial charge on any atom is 0.254 e. The van der Waals surface area contributed by atoms with Crippen molar-refractivity contribution in [1.82, 2.24) is 30.5 Å². The highest BCUT2D eigenvalue weighted by molar-refractivity contribution is 5.98. The van der Waals surface area contributed by atoms with E-state index < -0.39 is 5.54 Å². The third-order valence-corrected chi connectivity index (χ3v) is 5.19. The summed E-state index contributed by atoms with van der Waals surface area (Å²) in [6.07, 6.45) is 4.29. The molecule has 0 spiro atoms. The van der Waals surface area contributed by atoms with Gasteiger partial charge in [0, 0.05) is 26.8 Å². The van der Waals surface area contributed by atoms with Gasteiger partial charge >= 0.3 is 0 Å². The van der Waals surface area contributed by atoms with Crippen LogP contribution in [0.15, 0.2) is 12.3 Å². The molecule has 2 amide bonds. The second-order valence-electron chi connectivity index (χ2n) is 8.24. The molecule has 0 saturated heterocycles. The highest BCUT2D eigenvalue weighted by Gasteiger charge is 2.27. The quantitative estimate of drug-likeness (QED) is 0.444. The molecule has 31 heavy (non-hydrogen) atoms. The molecule has 2 aromatic heterocycles. The minimum atomic E-state index is -0.480. The Labute approximate surface area is 183 Å². The van der Waals surface area contributed by atoms with Gasteiger partial charge in [-0.25, -0.2) is 9.97 Å². The minimum Gasteiger partial charge on any atom is -0.368 e. The highest BCUT2D eigenvalue weighted by Crippen LogP contribution is 2.26. The lowest BCUT2D eigenvalue weighted by Crippen LogP contribution is -2.50. The summed E-state index contributed by atoms with van der Waals surface area (Å²) in [6.45, 7) is 6.35. The van der Waals surface area contributed by atoms with Crippen molar-refractivity contribution in [2.75, 3.05) is 38.7 Å². The van der Waals surface area contributed by atoms with E-state index in [4.69, 9.17) is 5.73 Å². The van der Waals surface area contributed by atoms with Gasteiger partial charge in [0.15, 0.2) is 5.82 Å². The van der Waals surface area contributed by atoms with Crippen LogP contribution in [0.25, 0.3) is 11.0 Å². The number of nitrogens with zero attached hydrogens (tertiary/aromatic N) is 4. The van der Waals surface area contributed by atoms with E-state index in [1.807, 2.05) is 6.92 Å². The summed E-state index contributed by atoms with van der Waals surface area (Å²) in [4.78, 5) is 39.1. The van der Waals surface area contributed by atoms with E-state index in [1.54, 1.807) is 34.1 Å². The molecular formula is C21H34N8O2. The lowest BCUT2D eigenvalue weighted by Gasteiger charge is -2.32. The number of fused-ring (bicyclic) bond motifs is 1. The average molecular weight is 431 g/mol. The summed E-state index contributed by atoms with van der Waals surface area (Å²) in [7, 11) is 5.10. The number of aromatic nitrogens is 3. The molecular weight excluding hydrogens is 396 g/mol. The maximum absolute atomic E-state index is 12.3. The second kappa shape index (κ2) is 10.3. The molecule has 2 rings (SSSR count). The molecule has 2 atom stereocenters. The van der Waals surface area contributed by atoms with Crippen molar-refractivity contribution < 1.29 is 9.59 Å². The average Bonchev–Trinajstić information content (AvgIpc) is 2.74. The van der Waals surface area contributed by atoms with Crippen LogP contribution < -0.4 is 21.7 Å². The normalized spacial score (nSPS) is 14.0. The van der Waals surface area contributed by atoms with Crippen molar-refractivity contribution in [3.8, 4) is 0 Å². The van der Waals surface area contributed by atoms with Gasteiger partial charge in [0.25, 0.3) is 5.91 Å². The number of anilines is 2. The lowest BCUT2D eigenvalue weighted by molar-refractivity contribution is -0.122. The molecule has 0 fully saturated rings. The summed E-state index contributed by atoms with van der Waals surface area (Å²) in [5.74, 6) is 0.303. The summed E-state index contributed by atoms with van der Waals surface area (Å²) in [5, 5.41) is 9.36. The molecule has 5 N–H and O–H groups in total. The Hall–Kier alpha value is -3.01. The van der Waals surface area contributed by atoms with Crippen LogP contribution in [0, 0.1) is 0 Å². The number of nitrogens with one attached hydrogen (secondary N) is 3. The number of pyridine rings is 1. The first-order valence-corrected chi connectivity index (χ1v) is 10.5. The van der Waals surface area contributed by atoms with E-state index in [0.29, 0.717) is 29.0 Å². The van der Waals surface area contributed by atoms with Crippen LogP contribution in [0.2, 0.25) is 0 Å². The third kappa shape index (κ3) is 6.24. The van der Waals surface area contributed by atoms with Crippen molar-refractivity contribution in [2.24, 2.45) is 0 Å². The van der Waals surface area contributed by atoms with Gasteiger partial charge in [0.1, 0.15) is 5.52 Å². The number of rotatable bonds is 10. The van der Waals surface area contributed by atoms with Crippen LogP contribution in [0.1, 0.15) is 50.4 Å². The summed E-state index contributed by atoms with van der Waals surface area (Å²) < 4.78 is 0. The standard InChI is InChI=1S/C21H34N8O2/c1-7-8-9-21(3,12-25-18(30)13(2)23-4)28-17-16-15(26-20(22)27-17)10-14(11-24-16)19(31)29(5)6/h10-11,13,23H,7-9,12H2,1-6H3,(H,25,30)(H3,22,26,27,28)/t13-,21+/m0/s1. The van der Waals surface area contributed by atoms with E-state index >= 15 is 0 Å². The summed E-state index contributed by atoms with van der Waals surface area (Å²) >= 11 is 0. The Morgan fingerprint density at radius 3 is 2.61 bits per heavy atom. The Morgan fingerprint density at radius 1 is 1.29 bits per heavy atom. The molecule has 0 radical (unpaired) electrons. The molecule has 0 unspecified atom stereocenters. The fourth-order valence-electron chi connectivity index (χ4n) is 3.11. The van der Waals surface area contributed by atoms with Gasteiger partial charge in [-0.3, -0.25) is 9.59 Å². The number of likely N-dealkylation sites (N-methyl/N-ethyl adjacent to an activating group) is 1. The summed E-state index contributed by atoms with van der Waals surface area (Å²) in [6, 6.07) is 1.37. The molecule has 0 aromatic carbocycles. The van der Waals surface area contributed by atoms with Gasteiger partial charge in [-0.1, -0.05) is 19.8 Å². The molecule has 10 heteroatoms. The van der Waals surface area contributed by atoms with E-state index in [0.717, 1.165) is 19.3 Å². The van der Waals surface area contributed by atoms with Crippen LogP contribution in [-0.4, -0.2) is 70.9 Å². The Balaban J connectivity index is 2.37. The fourth-order valence-corrected chi connectivity index (χ4v) is 3.11. The molecule has 2 heterocycles. The predicted octanol–water partition coefficient (Wildman–Crippen LogP) is 1.39. The van der Waals surface area contributed by atoms with Crippen molar-refractivity contribution in [3.05, 3.63) is 17.8 Å². The molecule has 0 aliphatic rings. The molecule has 2 aromatic rings. The molecule has 10 nitrogen and oxygen atoms in total. The minimum absolute atomic E-state index is 0.0796. The van der Waals surface area contributed by atoms with Gasteiger partial charge in [-0.05, 0) is 33.4 Å². The lowest BCUT2D eigenvalue weighted by atomic mass is 9.94. The first-order chi connectivity index (χ1) is 14.6. The highest BCUT2D eigenvalue weighted by atomic mass is 16.2. The summed E-state index contributed by atoms with van der Waals surface area (Å²) in [5.41, 5.74) is 6.88. The number of nitrogen functional groups attached to an aromatic ring is 1. The second-order valence-corrected chi connectivity index (χ2v) is 8.24. The predicted molar refractivity (Wildman–Crippen MR) is 123 cm³/mol. The molecule has 170 valence electrons. The third-order valence-electron chi connectivity index (χ3n) is 5.19. The fraction of sp³-hybridized carbons (Fsp3) is 0.571. The Bertz CT molecular complexity index is 933. The number of carbonyl (C=O) groups excluding carboxylic acids is 2. The number of unbranched alkanes of at least 4 members (excludes halogenated alkanes) is 1. The Morgan fingerprint density at radius 2 is 2.00 bits per heavy atom. The number of amides is 2. The van der Waals surface area contributed by atoms with Gasteiger partial charge < -0.3 is 26.6 Å². The number of nitrogens with two attached hydrogens (primary N) is 1. The van der Waals surface area contributed by atoms with Crippen molar-refractivity contribution in [1.29, 1.82) is 0 Å². The van der Waals surface area contributed by atoms with Crippen molar-refractivity contribution in [3.63, 3.8) is 0 Å². The monoisotopic (exact) mass is 430 g/mol. The van der Waals surface area contributed by atoms with E-state index in [9.17, 15) is 9.59 Å². The van der Waals surface area contributed by atoms with Gasteiger partial charge in [0.05, 0.1) is 22.7 Å². The number of carbonyl (C=O) groups is 2. The topological polar surface area (TPSA) is 138 Å². The van der Waals surface area contributed by atoms with Crippen LogP contribution >= 0.6 is 0 Å². The Kier molecular flexibility index (Phi) is 8.09. The number of hydrogen-bond donors (Lipinski definition) is 4. The van der Waals surface area contributed by atoms with Gasteiger partial charge in [0.2, 0.25) is 11.9 Å². The van der Waals surface area contributed by atoms with E-state index in [-0.39, 0.29) is 23.8 Å². The van der Waals surface area contributed by atoms with Crippen LogP contribution in [0.4, 0.5) is 11.8 Å².